The molecule has 1 atom stereocenters. The molecule has 0 saturated heterocycles. The average molecular weight is 308 g/mol. The topological polar surface area (TPSA) is 55.4 Å². The second kappa shape index (κ2) is 10.6. The van der Waals surface area contributed by atoms with Gasteiger partial charge in [-0.3, -0.25) is 0 Å². The zero-order valence-electron chi connectivity index (χ0n) is 13.7. The van der Waals surface area contributed by atoms with Crippen molar-refractivity contribution in [1.82, 2.24) is 5.32 Å². The van der Waals surface area contributed by atoms with Gasteiger partial charge in [-0.15, -0.1) is 0 Å². The van der Waals surface area contributed by atoms with Gasteiger partial charge in [-0.05, 0) is 24.7 Å². The van der Waals surface area contributed by atoms with E-state index in [1.807, 2.05) is 0 Å². The number of hydrogen-bond donors (Lipinski definition) is 1. The van der Waals surface area contributed by atoms with Crippen molar-refractivity contribution in [3.63, 3.8) is 0 Å². The number of ether oxygens (including phenoxy) is 1. The molecule has 0 aromatic carbocycles. The van der Waals surface area contributed by atoms with Gasteiger partial charge in [0.1, 0.15) is 9.84 Å². The van der Waals surface area contributed by atoms with Crippen LogP contribution in [-0.4, -0.2) is 46.7 Å². The zero-order valence-corrected chi connectivity index (χ0v) is 14.5. The van der Waals surface area contributed by atoms with Crippen LogP contribution in [0.15, 0.2) is 0 Å². The number of hydrogen-bond acceptors (Lipinski definition) is 4. The van der Waals surface area contributed by atoms with Gasteiger partial charge in [0.2, 0.25) is 0 Å². The highest BCUT2D eigenvalue weighted by Gasteiger charge is 2.28. The van der Waals surface area contributed by atoms with Crippen molar-refractivity contribution < 1.29 is 13.2 Å². The predicted octanol–water partition coefficient (Wildman–Crippen LogP) is 2.63. The van der Waals surface area contributed by atoms with Crippen LogP contribution in [0.5, 0.6) is 0 Å². The van der Waals surface area contributed by atoms with Crippen LogP contribution in [0.4, 0.5) is 0 Å². The normalized spacial score (nSPS) is 15.2. The lowest BCUT2D eigenvalue weighted by Gasteiger charge is -2.33. The first-order valence-electron chi connectivity index (χ1n) is 7.85. The number of nitrogens with one attached hydrogen (secondary N) is 1. The van der Waals surface area contributed by atoms with Crippen LogP contribution in [0.2, 0.25) is 0 Å². The highest BCUT2D eigenvalue weighted by Crippen LogP contribution is 2.32. The van der Waals surface area contributed by atoms with Crippen molar-refractivity contribution in [2.24, 2.45) is 5.41 Å². The van der Waals surface area contributed by atoms with Gasteiger partial charge in [0.25, 0.3) is 0 Å². The fourth-order valence-electron chi connectivity index (χ4n) is 2.38. The van der Waals surface area contributed by atoms with E-state index in [1.165, 1.54) is 0 Å². The van der Waals surface area contributed by atoms with Gasteiger partial charge >= 0.3 is 0 Å². The van der Waals surface area contributed by atoms with Crippen LogP contribution >= 0.6 is 0 Å². The summed E-state index contributed by atoms with van der Waals surface area (Å²) < 4.78 is 28.6. The van der Waals surface area contributed by atoms with Crippen molar-refractivity contribution in [1.29, 1.82) is 0 Å². The molecular formula is C15H33NO3S. The highest BCUT2D eigenvalue weighted by molar-refractivity contribution is 7.91. The molecule has 0 aliphatic rings. The van der Waals surface area contributed by atoms with Crippen LogP contribution in [0, 0.1) is 5.41 Å². The Morgan fingerprint density at radius 2 is 1.85 bits per heavy atom. The Kier molecular flexibility index (Phi) is 10.5. The van der Waals surface area contributed by atoms with Crippen molar-refractivity contribution in [2.75, 3.05) is 38.3 Å². The van der Waals surface area contributed by atoms with Gasteiger partial charge in [0.05, 0.1) is 12.4 Å². The third kappa shape index (κ3) is 8.22. The standard InChI is InChI=1S/C15H33NO3S/c1-5-8-9-15(6-2,14-16-11-12-19-4)10-13-20(17,18)7-3/h16H,5-14H2,1-4H3. The van der Waals surface area contributed by atoms with E-state index in [0.29, 0.717) is 12.4 Å². The average Bonchev–Trinajstić information content (AvgIpc) is 2.46. The summed E-state index contributed by atoms with van der Waals surface area (Å²) in [6.45, 7) is 8.48. The Morgan fingerprint density at radius 3 is 2.35 bits per heavy atom. The second-order valence-electron chi connectivity index (χ2n) is 5.61. The molecule has 4 nitrogen and oxygen atoms in total. The lowest BCUT2D eigenvalue weighted by Crippen LogP contribution is -2.37. The molecule has 0 aromatic heterocycles. The van der Waals surface area contributed by atoms with Gasteiger partial charge in [-0.2, -0.15) is 0 Å². The van der Waals surface area contributed by atoms with Crippen molar-refractivity contribution in [3.8, 4) is 0 Å². The lowest BCUT2D eigenvalue weighted by atomic mass is 9.77. The Balaban J connectivity index is 4.57. The molecule has 0 spiro atoms. The third-order valence-electron chi connectivity index (χ3n) is 4.18. The van der Waals surface area contributed by atoms with Gasteiger partial charge in [-0.1, -0.05) is 33.6 Å². The first-order chi connectivity index (χ1) is 9.45. The van der Waals surface area contributed by atoms with E-state index < -0.39 is 9.84 Å². The summed E-state index contributed by atoms with van der Waals surface area (Å²) in [5, 5.41) is 3.42. The van der Waals surface area contributed by atoms with Crippen LogP contribution in [0.25, 0.3) is 0 Å². The summed E-state index contributed by atoms with van der Waals surface area (Å²) >= 11 is 0. The maximum atomic E-state index is 11.8. The van der Waals surface area contributed by atoms with Gasteiger partial charge < -0.3 is 10.1 Å². The maximum Gasteiger partial charge on any atom is 0.150 e. The molecule has 122 valence electrons. The molecule has 20 heavy (non-hydrogen) atoms. The summed E-state index contributed by atoms with van der Waals surface area (Å²) in [5.41, 5.74) is 0.103. The number of rotatable bonds is 13. The molecule has 0 radical (unpaired) electrons. The molecule has 5 heteroatoms. The predicted molar refractivity (Wildman–Crippen MR) is 85.9 cm³/mol. The smallest absolute Gasteiger partial charge is 0.150 e. The molecule has 0 rings (SSSR count). The van der Waals surface area contributed by atoms with Crippen LogP contribution in [0.3, 0.4) is 0 Å². The number of sulfone groups is 1. The monoisotopic (exact) mass is 307 g/mol. The maximum absolute atomic E-state index is 11.8. The Bertz CT molecular complexity index is 330. The van der Waals surface area contributed by atoms with Gasteiger partial charge in [0.15, 0.2) is 0 Å². The molecule has 0 aliphatic heterocycles. The lowest BCUT2D eigenvalue weighted by molar-refractivity contribution is 0.180. The molecule has 0 bridgehead atoms. The van der Waals surface area contributed by atoms with Crippen LogP contribution in [0.1, 0.15) is 52.9 Å². The molecule has 1 unspecified atom stereocenters. The van der Waals surface area contributed by atoms with E-state index in [2.05, 4.69) is 19.2 Å². The summed E-state index contributed by atoms with van der Waals surface area (Å²) in [4.78, 5) is 0. The van der Waals surface area contributed by atoms with Crippen LogP contribution in [-0.2, 0) is 14.6 Å². The minimum absolute atomic E-state index is 0.103. The molecule has 0 heterocycles. The molecular weight excluding hydrogens is 274 g/mol. The Morgan fingerprint density at radius 1 is 1.15 bits per heavy atom. The van der Waals surface area contributed by atoms with Gasteiger partial charge in [-0.25, -0.2) is 8.42 Å². The summed E-state index contributed by atoms with van der Waals surface area (Å²) in [7, 11) is -1.18. The van der Waals surface area contributed by atoms with E-state index in [9.17, 15) is 8.42 Å². The second-order valence-corrected chi connectivity index (χ2v) is 8.09. The number of unbranched alkanes of at least 4 members (excludes halogenated alkanes) is 1. The molecule has 0 saturated carbocycles. The molecule has 0 fully saturated rings. The summed E-state index contributed by atoms with van der Waals surface area (Å²) in [6, 6.07) is 0. The zero-order chi connectivity index (χ0) is 15.5. The van der Waals surface area contributed by atoms with E-state index in [0.717, 1.165) is 45.2 Å². The molecule has 0 amide bonds. The largest absolute Gasteiger partial charge is 0.383 e. The fraction of sp³-hybridized carbons (Fsp3) is 1.00. The first kappa shape index (κ1) is 19.9. The highest BCUT2D eigenvalue weighted by atomic mass is 32.2. The third-order valence-corrected chi connectivity index (χ3v) is 5.88. The van der Waals surface area contributed by atoms with E-state index in [4.69, 9.17) is 4.74 Å². The minimum Gasteiger partial charge on any atom is -0.383 e. The summed E-state index contributed by atoms with van der Waals surface area (Å²) in [5.74, 6) is 0.560. The quantitative estimate of drug-likeness (QED) is 0.531. The van der Waals surface area contributed by atoms with E-state index >= 15 is 0 Å². The van der Waals surface area contributed by atoms with Crippen molar-refractivity contribution in [3.05, 3.63) is 0 Å². The Labute approximate surface area is 125 Å². The van der Waals surface area contributed by atoms with Crippen LogP contribution < -0.4 is 5.32 Å². The van der Waals surface area contributed by atoms with Gasteiger partial charge in [0, 0.05) is 26.0 Å². The minimum atomic E-state index is -2.88. The summed E-state index contributed by atoms with van der Waals surface area (Å²) in [6.07, 6.45) is 5.19. The van der Waals surface area contributed by atoms with Crippen molar-refractivity contribution in [2.45, 2.75) is 52.9 Å². The molecule has 0 aromatic rings. The SMILES string of the molecule is CCCCC(CC)(CCS(=O)(=O)CC)CNCCOC. The number of methoxy groups -OCH3 is 1. The Hall–Kier alpha value is -0.130. The fourth-order valence-corrected chi connectivity index (χ4v) is 3.41. The molecule has 1 N–H and O–H groups in total. The first-order valence-corrected chi connectivity index (χ1v) is 9.67. The van der Waals surface area contributed by atoms with E-state index in [-0.39, 0.29) is 11.2 Å². The molecule has 0 aliphatic carbocycles. The van der Waals surface area contributed by atoms with Crippen molar-refractivity contribution >= 4 is 9.84 Å². The van der Waals surface area contributed by atoms with E-state index in [1.54, 1.807) is 14.0 Å².